The molecule has 0 aliphatic carbocycles. The van der Waals surface area contributed by atoms with E-state index >= 15 is 0 Å². The quantitative estimate of drug-likeness (QED) is 0.489. The van der Waals surface area contributed by atoms with Crippen LogP contribution in [0.15, 0.2) is 71.5 Å². The number of nitrogens with zero attached hydrogens (tertiary/aromatic N) is 2. The lowest BCUT2D eigenvalue weighted by atomic mass is 10.1. The van der Waals surface area contributed by atoms with Crippen molar-refractivity contribution in [2.24, 2.45) is 7.05 Å². The van der Waals surface area contributed by atoms with Crippen molar-refractivity contribution in [3.8, 4) is 0 Å². The third kappa shape index (κ3) is 4.45. The third-order valence-electron chi connectivity index (χ3n) is 5.06. The van der Waals surface area contributed by atoms with Crippen LogP contribution >= 0.6 is 0 Å². The fourth-order valence-corrected chi connectivity index (χ4v) is 3.44. The molecule has 0 aliphatic heterocycles. The predicted octanol–water partition coefficient (Wildman–Crippen LogP) is 3.20. The van der Waals surface area contributed by atoms with Crippen molar-refractivity contribution in [3.05, 3.63) is 82.9 Å². The third-order valence-corrected chi connectivity index (χ3v) is 5.06. The predicted molar refractivity (Wildman–Crippen MR) is 119 cm³/mol. The maximum absolute atomic E-state index is 12.4. The van der Waals surface area contributed by atoms with E-state index in [0.717, 1.165) is 10.8 Å². The summed E-state index contributed by atoms with van der Waals surface area (Å²) in [6.07, 6.45) is 0.251. The van der Waals surface area contributed by atoms with Crippen molar-refractivity contribution in [2.45, 2.75) is 12.8 Å². The number of nitrogens with one attached hydrogen (secondary N) is 1. The Morgan fingerprint density at radius 2 is 1.68 bits per heavy atom. The molecule has 1 aromatic heterocycles. The Bertz CT molecular complexity index is 1340. The molecule has 0 radical (unpaired) electrons. The maximum atomic E-state index is 12.4. The van der Waals surface area contributed by atoms with Crippen LogP contribution in [0.5, 0.6) is 0 Å². The zero-order valence-corrected chi connectivity index (χ0v) is 17.0. The number of anilines is 1. The van der Waals surface area contributed by atoms with Gasteiger partial charge in [-0.3, -0.25) is 19.0 Å². The van der Waals surface area contributed by atoms with Crippen LogP contribution in [0.25, 0.3) is 21.7 Å². The second-order valence-corrected chi connectivity index (χ2v) is 7.14. The van der Waals surface area contributed by atoms with Gasteiger partial charge in [-0.2, -0.15) is 0 Å². The first kappa shape index (κ1) is 20.3. The van der Waals surface area contributed by atoms with Crippen LogP contribution in [0.3, 0.4) is 0 Å². The number of para-hydroxylation sites is 1. The molecule has 0 saturated carbocycles. The molecule has 0 fully saturated rings. The first-order valence-corrected chi connectivity index (χ1v) is 9.91. The molecule has 31 heavy (non-hydrogen) atoms. The lowest BCUT2D eigenvalue weighted by molar-refractivity contribution is -0.147. The molecule has 0 unspecified atom stereocenters. The van der Waals surface area contributed by atoms with Gasteiger partial charge in [0, 0.05) is 24.5 Å². The fraction of sp³-hybridized carbons (Fsp3) is 0.167. The molecule has 1 amide bonds. The number of carbonyl (C=O) groups is 2. The highest BCUT2D eigenvalue weighted by Crippen LogP contribution is 2.22. The number of ether oxygens (including phenoxy) is 1. The van der Waals surface area contributed by atoms with E-state index in [1.165, 1.54) is 4.57 Å². The number of rotatable bonds is 6. The molecule has 7 heteroatoms. The van der Waals surface area contributed by atoms with Gasteiger partial charge in [0.1, 0.15) is 5.82 Å². The molecule has 7 nitrogen and oxygen atoms in total. The van der Waals surface area contributed by atoms with E-state index < -0.39 is 11.9 Å². The molecule has 0 atom stereocenters. The zero-order valence-electron chi connectivity index (χ0n) is 17.0. The normalized spacial score (nSPS) is 10.9. The van der Waals surface area contributed by atoms with E-state index in [-0.39, 0.29) is 25.0 Å². The van der Waals surface area contributed by atoms with Crippen molar-refractivity contribution in [1.29, 1.82) is 0 Å². The summed E-state index contributed by atoms with van der Waals surface area (Å²) in [7, 11) is 1.63. The van der Waals surface area contributed by atoms with Crippen LogP contribution in [0, 0.1) is 0 Å². The summed E-state index contributed by atoms with van der Waals surface area (Å²) in [5, 5.41) is 5.22. The van der Waals surface area contributed by atoms with E-state index in [4.69, 9.17) is 4.74 Å². The summed E-state index contributed by atoms with van der Waals surface area (Å²) in [6, 6.07) is 20.4. The number of hydrogen-bond donors (Lipinski definition) is 1. The second kappa shape index (κ2) is 8.79. The van der Waals surface area contributed by atoms with Crippen molar-refractivity contribution in [1.82, 2.24) is 9.55 Å². The number of carbonyl (C=O) groups excluding carboxylic acids is 2. The van der Waals surface area contributed by atoms with Crippen LogP contribution in [-0.4, -0.2) is 28.0 Å². The summed E-state index contributed by atoms with van der Waals surface area (Å²) in [5.41, 5.74) is 1.08. The van der Waals surface area contributed by atoms with Crippen LogP contribution in [0.1, 0.15) is 12.2 Å². The smallest absolute Gasteiger partial charge is 0.306 e. The van der Waals surface area contributed by atoms with Gasteiger partial charge in [0.25, 0.3) is 11.5 Å². The highest BCUT2D eigenvalue weighted by molar-refractivity contribution is 6.02. The molecule has 1 N–H and O–H groups in total. The molecular formula is C24H21N3O4. The van der Waals surface area contributed by atoms with Gasteiger partial charge in [0.2, 0.25) is 0 Å². The summed E-state index contributed by atoms with van der Waals surface area (Å²) < 4.78 is 6.53. The monoisotopic (exact) mass is 415 g/mol. The van der Waals surface area contributed by atoms with Gasteiger partial charge >= 0.3 is 5.97 Å². The van der Waals surface area contributed by atoms with E-state index in [0.29, 0.717) is 22.4 Å². The lowest BCUT2D eigenvalue weighted by Crippen LogP contribution is -2.24. The van der Waals surface area contributed by atoms with E-state index in [2.05, 4.69) is 10.3 Å². The van der Waals surface area contributed by atoms with Crippen molar-refractivity contribution < 1.29 is 14.3 Å². The number of aromatic nitrogens is 2. The molecule has 1 heterocycles. The lowest BCUT2D eigenvalue weighted by Gasteiger charge is -2.10. The average molecular weight is 415 g/mol. The number of hydrogen-bond acceptors (Lipinski definition) is 5. The van der Waals surface area contributed by atoms with E-state index in [9.17, 15) is 14.4 Å². The average Bonchev–Trinajstić information content (AvgIpc) is 2.79. The van der Waals surface area contributed by atoms with Crippen LogP contribution in [0.4, 0.5) is 5.69 Å². The van der Waals surface area contributed by atoms with Gasteiger partial charge in [-0.1, -0.05) is 48.5 Å². The second-order valence-electron chi connectivity index (χ2n) is 7.14. The molecule has 0 bridgehead atoms. The Morgan fingerprint density at radius 1 is 0.968 bits per heavy atom. The van der Waals surface area contributed by atoms with Gasteiger partial charge in [-0.05, 0) is 23.6 Å². The molecule has 156 valence electrons. The molecule has 4 aromatic rings. The number of fused-ring (bicyclic) bond motifs is 2. The minimum absolute atomic E-state index is 0.0141. The summed E-state index contributed by atoms with van der Waals surface area (Å²) in [4.78, 5) is 41.3. The van der Waals surface area contributed by atoms with Crippen LogP contribution in [0.2, 0.25) is 0 Å². The standard InChI is InChI=1S/C24H21N3O4/c1-27-21(25-20-11-5-4-10-18(20)24(27)30)13-14-23(29)31-15-22(28)26-19-12-6-8-16-7-2-3-9-17(16)19/h2-12H,13-15H2,1H3,(H,26,28). The minimum Gasteiger partial charge on any atom is -0.456 e. The maximum Gasteiger partial charge on any atom is 0.306 e. The molecular weight excluding hydrogens is 394 g/mol. The fourth-order valence-electron chi connectivity index (χ4n) is 3.44. The van der Waals surface area contributed by atoms with Gasteiger partial charge in [-0.25, -0.2) is 4.98 Å². The van der Waals surface area contributed by atoms with Crippen molar-refractivity contribution in [3.63, 3.8) is 0 Å². The Morgan fingerprint density at radius 3 is 2.52 bits per heavy atom. The minimum atomic E-state index is -0.532. The Labute approximate surface area is 178 Å². The zero-order chi connectivity index (χ0) is 21.8. The van der Waals surface area contributed by atoms with E-state index in [1.54, 1.807) is 37.4 Å². The highest BCUT2D eigenvalue weighted by atomic mass is 16.5. The Kier molecular flexibility index (Phi) is 5.75. The van der Waals surface area contributed by atoms with E-state index in [1.807, 2.05) is 36.4 Å². The molecule has 3 aromatic carbocycles. The van der Waals surface area contributed by atoms with Crippen LogP contribution in [-0.2, 0) is 27.8 Å². The number of aryl methyl sites for hydroxylation is 1. The topological polar surface area (TPSA) is 90.3 Å². The summed E-state index contributed by atoms with van der Waals surface area (Å²) in [5.74, 6) is -0.461. The summed E-state index contributed by atoms with van der Waals surface area (Å²) >= 11 is 0. The van der Waals surface area contributed by atoms with Gasteiger partial charge in [-0.15, -0.1) is 0 Å². The Hall–Kier alpha value is -4.00. The van der Waals surface area contributed by atoms with Crippen molar-refractivity contribution >= 4 is 39.2 Å². The molecule has 4 rings (SSSR count). The molecule has 0 spiro atoms. The Balaban J connectivity index is 1.34. The van der Waals surface area contributed by atoms with Gasteiger partial charge in [0.05, 0.1) is 17.3 Å². The largest absolute Gasteiger partial charge is 0.456 e. The summed E-state index contributed by atoms with van der Waals surface area (Å²) in [6.45, 7) is -0.383. The SMILES string of the molecule is Cn1c(CCC(=O)OCC(=O)Nc2cccc3ccccc23)nc2ccccc2c1=O. The molecule has 0 saturated heterocycles. The number of benzene rings is 3. The van der Waals surface area contributed by atoms with Crippen LogP contribution < -0.4 is 10.9 Å². The van der Waals surface area contributed by atoms with Crippen molar-refractivity contribution in [2.75, 3.05) is 11.9 Å². The number of esters is 1. The first-order valence-electron chi connectivity index (χ1n) is 9.91. The first-order chi connectivity index (χ1) is 15.0. The molecule has 0 aliphatic rings. The highest BCUT2D eigenvalue weighted by Gasteiger charge is 2.13. The van der Waals surface area contributed by atoms with Gasteiger partial charge < -0.3 is 10.1 Å². The van der Waals surface area contributed by atoms with Gasteiger partial charge in [0.15, 0.2) is 6.61 Å². The number of amides is 1.